The molecule has 0 fully saturated rings. The second kappa shape index (κ2) is 9.29. The third-order valence-corrected chi connectivity index (χ3v) is 9.63. The van der Waals surface area contributed by atoms with Crippen molar-refractivity contribution in [3.8, 4) is 33.4 Å². The van der Waals surface area contributed by atoms with Gasteiger partial charge in [0.2, 0.25) is 0 Å². The number of hydrogen-bond donors (Lipinski definition) is 0. The molecule has 2 heterocycles. The first-order valence-corrected chi connectivity index (χ1v) is 15.6. The number of rotatable bonds is 3. The molecule has 10 rings (SSSR count). The fourth-order valence-corrected chi connectivity index (χ4v) is 7.45. The minimum atomic E-state index is 1.24. The second-order valence-electron chi connectivity index (χ2n) is 12.2. The van der Waals surface area contributed by atoms with Crippen molar-refractivity contribution in [2.75, 3.05) is 0 Å². The molecule has 1 nitrogen and oxygen atoms in total. The maximum atomic E-state index is 2.52. The van der Waals surface area contributed by atoms with Crippen LogP contribution in [0.3, 0.4) is 0 Å². The van der Waals surface area contributed by atoms with Gasteiger partial charge in [-0.25, -0.2) is 0 Å². The molecule has 0 saturated heterocycles. The normalized spacial score (nSPS) is 12.0. The molecule has 208 valence electrons. The highest BCUT2D eigenvalue weighted by Crippen LogP contribution is 2.44. The predicted molar refractivity (Wildman–Crippen MR) is 192 cm³/mol. The molecule has 0 radical (unpaired) electrons. The summed E-state index contributed by atoms with van der Waals surface area (Å²) in [6.45, 7) is 0. The summed E-state index contributed by atoms with van der Waals surface area (Å²) in [5.74, 6) is 0. The van der Waals surface area contributed by atoms with Crippen LogP contribution >= 0.6 is 0 Å². The lowest BCUT2D eigenvalue weighted by molar-refractivity contribution is 1.38. The van der Waals surface area contributed by atoms with Crippen molar-refractivity contribution in [1.29, 1.82) is 0 Å². The highest BCUT2D eigenvalue weighted by molar-refractivity contribution is 6.27. The molecule has 0 N–H and O–H groups in total. The number of nitrogens with zero attached hydrogens (tertiary/aromatic N) is 1. The number of hydrogen-bond acceptors (Lipinski definition) is 0. The minimum Gasteiger partial charge on any atom is -0.308 e. The molecule has 0 spiro atoms. The van der Waals surface area contributed by atoms with Crippen LogP contribution in [0.2, 0.25) is 0 Å². The Hall–Kier alpha value is -5.92. The standard InChI is InChI=1S/C44H27N/c1-4-10-28(11-5-1)31-16-18-33-22-38-40-24-37(30-14-8-3-9-15-30)25-41-39-23-34-19-17-32(29-12-6-2-7-13-29)21-36(34)27-43(39)45(44(40)41)42(38)26-35(33)20-31/h1-27H. The van der Waals surface area contributed by atoms with E-state index < -0.39 is 0 Å². The van der Waals surface area contributed by atoms with Gasteiger partial charge in [0.1, 0.15) is 0 Å². The molecule has 8 aromatic carbocycles. The van der Waals surface area contributed by atoms with E-state index in [1.807, 2.05) is 0 Å². The molecular formula is C44H27N. The van der Waals surface area contributed by atoms with Crippen molar-refractivity contribution < 1.29 is 0 Å². The summed E-state index contributed by atoms with van der Waals surface area (Å²) < 4.78 is 2.52. The van der Waals surface area contributed by atoms with Gasteiger partial charge in [-0.1, -0.05) is 115 Å². The summed E-state index contributed by atoms with van der Waals surface area (Å²) >= 11 is 0. The summed E-state index contributed by atoms with van der Waals surface area (Å²) in [6, 6.07) is 60.3. The zero-order valence-corrected chi connectivity index (χ0v) is 24.5. The van der Waals surface area contributed by atoms with Crippen LogP contribution in [0.25, 0.3) is 93.0 Å². The zero-order valence-electron chi connectivity index (χ0n) is 24.5. The molecule has 0 bridgehead atoms. The molecule has 0 aliphatic rings. The van der Waals surface area contributed by atoms with Gasteiger partial charge in [0.25, 0.3) is 0 Å². The lowest BCUT2D eigenvalue weighted by Gasteiger charge is -2.08. The molecule has 45 heavy (non-hydrogen) atoms. The van der Waals surface area contributed by atoms with Gasteiger partial charge in [0.15, 0.2) is 0 Å². The van der Waals surface area contributed by atoms with E-state index in [4.69, 9.17) is 0 Å². The van der Waals surface area contributed by atoms with Crippen molar-refractivity contribution in [2.24, 2.45) is 0 Å². The Kier molecular flexibility index (Phi) is 5.06. The number of aromatic nitrogens is 1. The highest BCUT2D eigenvalue weighted by Gasteiger charge is 2.20. The zero-order chi connectivity index (χ0) is 29.5. The number of benzene rings is 8. The molecule has 0 unspecified atom stereocenters. The third-order valence-electron chi connectivity index (χ3n) is 9.63. The first-order valence-electron chi connectivity index (χ1n) is 15.6. The average Bonchev–Trinajstić information content (AvgIpc) is 3.60. The van der Waals surface area contributed by atoms with Gasteiger partial charge < -0.3 is 4.40 Å². The Balaban J connectivity index is 1.32. The van der Waals surface area contributed by atoms with Crippen LogP contribution in [0.1, 0.15) is 0 Å². The second-order valence-corrected chi connectivity index (χ2v) is 12.2. The van der Waals surface area contributed by atoms with Gasteiger partial charge in [-0.05, 0) is 103 Å². The minimum absolute atomic E-state index is 1.24. The Morgan fingerprint density at radius 3 is 1.13 bits per heavy atom. The van der Waals surface area contributed by atoms with Crippen molar-refractivity contribution in [2.45, 2.75) is 0 Å². The van der Waals surface area contributed by atoms with Gasteiger partial charge in [0.05, 0.1) is 16.6 Å². The largest absolute Gasteiger partial charge is 0.308 e. The van der Waals surface area contributed by atoms with Gasteiger partial charge in [0, 0.05) is 21.5 Å². The SMILES string of the molecule is c1ccc(-c2ccc3cc4c5cc(-c6ccccc6)cc6c7cc8ccc(-c9ccccc9)cc8cc7n(c4cc3c2)c56)cc1. The maximum Gasteiger partial charge on any atom is 0.0620 e. The summed E-state index contributed by atoms with van der Waals surface area (Å²) in [7, 11) is 0. The maximum absolute atomic E-state index is 2.52. The molecule has 0 atom stereocenters. The van der Waals surface area contributed by atoms with E-state index in [9.17, 15) is 0 Å². The number of fused-ring (bicyclic) bond motifs is 8. The molecule has 10 aromatic rings. The molecule has 1 heteroatoms. The Bertz CT molecular complexity index is 2550. The van der Waals surface area contributed by atoms with Gasteiger partial charge in [-0.15, -0.1) is 0 Å². The van der Waals surface area contributed by atoms with Crippen LogP contribution in [-0.4, -0.2) is 4.40 Å². The first kappa shape index (κ1) is 24.5. The Labute approximate surface area is 260 Å². The molecular weight excluding hydrogens is 542 g/mol. The van der Waals surface area contributed by atoms with Crippen LogP contribution < -0.4 is 0 Å². The lowest BCUT2D eigenvalue weighted by Crippen LogP contribution is -1.84. The fraction of sp³-hybridized carbons (Fsp3) is 0. The van der Waals surface area contributed by atoms with E-state index in [0.717, 1.165) is 0 Å². The molecule has 0 aliphatic carbocycles. The first-order chi connectivity index (χ1) is 22.3. The lowest BCUT2D eigenvalue weighted by atomic mass is 9.96. The smallest absolute Gasteiger partial charge is 0.0620 e. The predicted octanol–water partition coefficient (Wildman–Crippen LogP) is 12.1. The van der Waals surface area contributed by atoms with E-state index in [2.05, 4.69) is 168 Å². The third kappa shape index (κ3) is 3.68. The molecule has 0 saturated carbocycles. The van der Waals surface area contributed by atoms with Crippen molar-refractivity contribution in [3.05, 3.63) is 164 Å². The van der Waals surface area contributed by atoms with Crippen LogP contribution in [-0.2, 0) is 0 Å². The van der Waals surface area contributed by atoms with Crippen molar-refractivity contribution in [3.63, 3.8) is 0 Å². The van der Waals surface area contributed by atoms with E-state index >= 15 is 0 Å². The fourth-order valence-electron chi connectivity index (χ4n) is 7.45. The van der Waals surface area contributed by atoms with Crippen LogP contribution in [0.5, 0.6) is 0 Å². The van der Waals surface area contributed by atoms with E-state index in [1.165, 1.54) is 93.0 Å². The average molecular weight is 570 g/mol. The topological polar surface area (TPSA) is 4.41 Å². The summed E-state index contributed by atoms with van der Waals surface area (Å²) in [5.41, 5.74) is 11.3. The van der Waals surface area contributed by atoms with E-state index in [-0.39, 0.29) is 0 Å². The van der Waals surface area contributed by atoms with E-state index in [1.54, 1.807) is 0 Å². The van der Waals surface area contributed by atoms with Gasteiger partial charge in [-0.2, -0.15) is 0 Å². The van der Waals surface area contributed by atoms with E-state index in [0.29, 0.717) is 0 Å². The highest BCUT2D eigenvalue weighted by atomic mass is 14.9. The molecule has 0 amide bonds. The van der Waals surface area contributed by atoms with Crippen LogP contribution in [0, 0.1) is 0 Å². The summed E-state index contributed by atoms with van der Waals surface area (Å²) in [4.78, 5) is 0. The summed E-state index contributed by atoms with van der Waals surface area (Å²) in [6.07, 6.45) is 0. The van der Waals surface area contributed by atoms with Crippen molar-refractivity contribution >= 4 is 59.6 Å². The van der Waals surface area contributed by atoms with Gasteiger partial charge >= 0.3 is 0 Å². The molecule has 2 aromatic heterocycles. The van der Waals surface area contributed by atoms with Crippen molar-refractivity contribution in [1.82, 2.24) is 4.40 Å². The Morgan fingerprint density at radius 1 is 0.267 bits per heavy atom. The van der Waals surface area contributed by atoms with Crippen LogP contribution in [0.4, 0.5) is 0 Å². The van der Waals surface area contributed by atoms with Crippen LogP contribution in [0.15, 0.2) is 164 Å². The quantitative estimate of drug-likeness (QED) is 0.199. The monoisotopic (exact) mass is 569 g/mol. The molecule has 0 aliphatic heterocycles. The Morgan fingerprint density at radius 2 is 0.689 bits per heavy atom. The van der Waals surface area contributed by atoms with Gasteiger partial charge in [-0.3, -0.25) is 0 Å². The summed E-state index contributed by atoms with van der Waals surface area (Å²) in [5, 5.41) is 10.3.